The second kappa shape index (κ2) is 11.1. The number of alkyl halides is 3. The molecule has 0 unspecified atom stereocenters. The summed E-state index contributed by atoms with van der Waals surface area (Å²) < 4.78 is 41.1. The molecule has 5 N–H and O–H groups in total. The van der Waals surface area contributed by atoms with E-state index in [4.69, 9.17) is 5.73 Å². The van der Waals surface area contributed by atoms with Gasteiger partial charge in [0.15, 0.2) is 0 Å². The summed E-state index contributed by atoms with van der Waals surface area (Å²) >= 11 is 0. The van der Waals surface area contributed by atoms with Crippen LogP contribution >= 0.6 is 12.4 Å². The highest BCUT2D eigenvalue weighted by molar-refractivity contribution is 6.01. The first kappa shape index (κ1) is 27.2. The van der Waals surface area contributed by atoms with Crippen molar-refractivity contribution in [3.63, 3.8) is 0 Å². The van der Waals surface area contributed by atoms with Crippen molar-refractivity contribution in [1.82, 2.24) is 20.5 Å². The predicted molar refractivity (Wildman–Crippen MR) is 132 cm³/mol. The van der Waals surface area contributed by atoms with Gasteiger partial charge in [-0.3, -0.25) is 14.5 Å². The van der Waals surface area contributed by atoms with Crippen LogP contribution in [-0.4, -0.2) is 53.7 Å². The molecule has 2 heterocycles. The number of aromatic nitrogens is 1. The first-order chi connectivity index (χ1) is 16.6. The van der Waals surface area contributed by atoms with Gasteiger partial charge >= 0.3 is 6.36 Å². The quantitative estimate of drug-likeness (QED) is 0.353. The van der Waals surface area contributed by atoms with Crippen molar-refractivity contribution in [2.24, 2.45) is 0 Å². The predicted octanol–water partition coefficient (Wildman–Crippen LogP) is 3.50. The number of hydrogen-bond donors (Lipinski definition) is 4. The monoisotopic (exact) mass is 525 g/mol. The molecule has 1 saturated heterocycles. The van der Waals surface area contributed by atoms with Crippen molar-refractivity contribution in [2.75, 3.05) is 25.4 Å². The molecule has 0 saturated carbocycles. The molecule has 1 atom stereocenters. The summed E-state index contributed by atoms with van der Waals surface area (Å²) in [5.41, 5.74) is 8.93. The molecule has 1 fully saturated rings. The number of nitrogens with two attached hydrogens (primary N) is 1. The van der Waals surface area contributed by atoms with Gasteiger partial charge in [0.2, 0.25) is 5.91 Å². The molecular formula is C24H27ClF3N5O3. The van der Waals surface area contributed by atoms with Crippen LogP contribution in [0.4, 0.5) is 18.9 Å². The second-order valence-corrected chi connectivity index (χ2v) is 8.63. The Kier molecular flexibility index (Phi) is 8.36. The molecule has 0 radical (unpaired) electrons. The summed E-state index contributed by atoms with van der Waals surface area (Å²) in [7, 11) is 0. The van der Waals surface area contributed by atoms with Crippen molar-refractivity contribution >= 4 is 40.8 Å². The van der Waals surface area contributed by atoms with E-state index in [2.05, 4.69) is 43.5 Å². The van der Waals surface area contributed by atoms with Gasteiger partial charge in [-0.25, -0.2) is 0 Å². The molecule has 8 nitrogen and oxygen atoms in total. The molecule has 0 spiro atoms. The Bertz CT molecular complexity index is 1250. The maximum atomic E-state index is 12.4. The zero-order valence-corrected chi connectivity index (χ0v) is 20.3. The number of nitrogens with zero attached hydrogens (tertiary/aromatic N) is 1. The molecule has 12 heteroatoms. The van der Waals surface area contributed by atoms with Gasteiger partial charge in [-0.2, -0.15) is 0 Å². The Hall–Kier alpha value is -3.44. The molecule has 2 aromatic carbocycles. The van der Waals surface area contributed by atoms with Crippen molar-refractivity contribution in [3.8, 4) is 5.75 Å². The Morgan fingerprint density at radius 3 is 2.75 bits per heavy atom. The highest BCUT2D eigenvalue weighted by Crippen LogP contribution is 2.26. The van der Waals surface area contributed by atoms with E-state index >= 15 is 0 Å². The molecule has 3 aromatic rings. The largest absolute Gasteiger partial charge is 0.573 e. The third-order valence-electron chi connectivity index (χ3n) is 5.87. The number of hydrogen-bond acceptors (Lipinski definition) is 5. The van der Waals surface area contributed by atoms with Crippen LogP contribution in [-0.2, 0) is 11.3 Å². The first-order valence-corrected chi connectivity index (χ1v) is 11.1. The second-order valence-electron chi connectivity index (χ2n) is 8.63. The fourth-order valence-corrected chi connectivity index (χ4v) is 4.23. The van der Waals surface area contributed by atoms with Crippen LogP contribution < -0.4 is 21.1 Å². The first-order valence-electron chi connectivity index (χ1n) is 11.1. The van der Waals surface area contributed by atoms with E-state index in [1.54, 1.807) is 0 Å². The summed E-state index contributed by atoms with van der Waals surface area (Å²) in [6.45, 7) is 3.95. The van der Waals surface area contributed by atoms with Gasteiger partial charge in [0.05, 0.1) is 12.1 Å². The van der Waals surface area contributed by atoms with Crippen LogP contribution in [0.5, 0.6) is 5.75 Å². The van der Waals surface area contributed by atoms with E-state index < -0.39 is 23.9 Å². The number of carbonyl (C=O) groups excluding carboxylic acids is 2. The van der Waals surface area contributed by atoms with Gasteiger partial charge in [-0.1, -0.05) is 12.1 Å². The Morgan fingerprint density at radius 1 is 1.22 bits per heavy atom. The van der Waals surface area contributed by atoms with E-state index in [9.17, 15) is 22.8 Å². The van der Waals surface area contributed by atoms with Crippen molar-refractivity contribution in [1.29, 1.82) is 0 Å². The number of amides is 2. The number of rotatable bonds is 7. The average molecular weight is 526 g/mol. The van der Waals surface area contributed by atoms with Crippen LogP contribution in [0.1, 0.15) is 27.9 Å². The summed E-state index contributed by atoms with van der Waals surface area (Å²) in [6.07, 6.45) is -2.12. The molecule has 0 bridgehead atoms. The molecule has 1 aromatic heterocycles. The lowest BCUT2D eigenvalue weighted by atomic mass is 10.1. The number of ether oxygens (including phenoxy) is 1. The number of nitrogens with one attached hydrogen (secondary N) is 3. The Balaban J connectivity index is 0.00000361. The van der Waals surface area contributed by atoms with Crippen molar-refractivity contribution < 1.29 is 27.5 Å². The van der Waals surface area contributed by atoms with Gasteiger partial charge in [0.1, 0.15) is 5.75 Å². The lowest BCUT2D eigenvalue weighted by Gasteiger charge is -2.17. The molecule has 4 rings (SSSR count). The standard InChI is InChI=1S/C24H26F3N5O3.ClH/c1-14-2-4-18-15(10-29-21(18)8-14)12-32-7-6-16(13-32)31-22(33)11-30-23(34)19-9-17(3-5-20(19)28)35-24(25,26)27;/h2-5,8-10,16,29H,6-7,11-13,28H2,1H3,(H,30,34)(H,31,33);1H/t16-;/m1./s1. The van der Waals surface area contributed by atoms with Crippen LogP contribution in [0, 0.1) is 6.92 Å². The SMILES string of the molecule is Cc1ccc2c(CN3CC[C@@H](NC(=O)CNC(=O)c4cc(OC(F)(F)F)ccc4N)C3)c[nH]c2c1.Cl. The highest BCUT2D eigenvalue weighted by atomic mass is 35.5. The molecule has 0 aliphatic carbocycles. The van der Waals surface area contributed by atoms with Gasteiger partial charge in [0, 0.05) is 48.5 Å². The van der Waals surface area contributed by atoms with Gasteiger partial charge in [-0.05, 0) is 48.7 Å². The van der Waals surface area contributed by atoms with E-state index in [1.807, 2.05) is 13.1 Å². The zero-order chi connectivity index (χ0) is 25.2. The maximum Gasteiger partial charge on any atom is 0.573 e. The summed E-state index contributed by atoms with van der Waals surface area (Å²) in [5, 5.41) is 6.46. The number of benzene rings is 2. The fraction of sp³-hybridized carbons (Fsp3) is 0.333. The van der Waals surface area contributed by atoms with Crippen LogP contribution in [0.2, 0.25) is 0 Å². The van der Waals surface area contributed by atoms with Gasteiger partial charge in [-0.15, -0.1) is 25.6 Å². The third-order valence-corrected chi connectivity index (χ3v) is 5.87. The lowest BCUT2D eigenvalue weighted by Crippen LogP contribution is -2.43. The number of H-pyrrole nitrogens is 1. The summed E-state index contributed by atoms with van der Waals surface area (Å²) in [5.74, 6) is -1.74. The normalized spacial score (nSPS) is 15.9. The van der Waals surface area contributed by atoms with E-state index in [0.29, 0.717) is 6.54 Å². The zero-order valence-electron chi connectivity index (χ0n) is 19.4. The molecular weight excluding hydrogens is 499 g/mol. The number of anilines is 1. The van der Waals surface area contributed by atoms with Crippen LogP contribution in [0.3, 0.4) is 0 Å². The molecule has 36 heavy (non-hydrogen) atoms. The highest BCUT2D eigenvalue weighted by Gasteiger charge is 2.31. The Morgan fingerprint density at radius 2 is 2.00 bits per heavy atom. The average Bonchev–Trinajstić information content (AvgIpc) is 3.39. The minimum Gasteiger partial charge on any atom is -0.406 e. The molecule has 194 valence electrons. The smallest absolute Gasteiger partial charge is 0.406 e. The van der Waals surface area contributed by atoms with Crippen LogP contribution in [0.25, 0.3) is 10.9 Å². The summed E-state index contributed by atoms with van der Waals surface area (Å²) in [6, 6.07) is 9.25. The molecule has 2 amide bonds. The minimum absolute atomic E-state index is 0. The lowest BCUT2D eigenvalue weighted by molar-refractivity contribution is -0.274. The van der Waals surface area contributed by atoms with Gasteiger partial charge in [0.25, 0.3) is 5.91 Å². The van der Waals surface area contributed by atoms with Crippen LogP contribution in [0.15, 0.2) is 42.6 Å². The number of nitrogen functional groups attached to an aromatic ring is 1. The fourth-order valence-electron chi connectivity index (χ4n) is 4.23. The number of aromatic amines is 1. The van der Waals surface area contributed by atoms with Crippen molar-refractivity contribution in [3.05, 3.63) is 59.3 Å². The number of carbonyl (C=O) groups is 2. The van der Waals surface area contributed by atoms with E-state index in [0.717, 1.165) is 43.2 Å². The van der Waals surface area contributed by atoms with Gasteiger partial charge < -0.3 is 26.1 Å². The maximum absolute atomic E-state index is 12.4. The topological polar surface area (TPSA) is 112 Å². The molecule has 1 aliphatic rings. The number of halogens is 4. The third kappa shape index (κ3) is 6.82. The number of likely N-dealkylation sites (tertiary alicyclic amines) is 1. The number of fused-ring (bicyclic) bond motifs is 1. The van der Waals surface area contributed by atoms with E-state index in [1.165, 1.54) is 16.5 Å². The van der Waals surface area contributed by atoms with Crippen molar-refractivity contribution in [2.45, 2.75) is 32.3 Å². The number of aryl methyl sites for hydroxylation is 1. The Labute approximate surface area is 211 Å². The summed E-state index contributed by atoms with van der Waals surface area (Å²) in [4.78, 5) is 30.3. The molecule has 1 aliphatic heterocycles. The van der Waals surface area contributed by atoms with E-state index in [-0.39, 0.29) is 36.2 Å². The minimum atomic E-state index is -4.90.